The van der Waals surface area contributed by atoms with E-state index in [0.717, 1.165) is 0 Å². The van der Waals surface area contributed by atoms with Crippen LogP contribution in [-0.2, 0) is 0 Å². The summed E-state index contributed by atoms with van der Waals surface area (Å²) < 4.78 is 28.9. The van der Waals surface area contributed by atoms with Gasteiger partial charge in [0.15, 0.2) is 0 Å². The molecule has 0 atom stereocenters. The molecule has 2 aromatic rings. The van der Waals surface area contributed by atoms with Crippen molar-refractivity contribution in [1.82, 2.24) is 0 Å². The second-order valence-corrected chi connectivity index (χ2v) is 4.43. The lowest BCUT2D eigenvalue weighted by atomic mass is 10.2. The van der Waals surface area contributed by atoms with Crippen LogP contribution in [0.4, 0.5) is 14.5 Å². The Balaban J connectivity index is 2.23. The number of phenols is 1. The van der Waals surface area contributed by atoms with Gasteiger partial charge in [0.2, 0.25) is 0 Å². The van der Waals surface area contributed by atoms with Crippen LogP contribution in [0.3, 0.4) is 0 Å². The third kappa shape index (κ3) is 3.82. The average molecular weight is 314 g/mol. The standard InChI is InChI=1S/C14H10ClF2NO3/c15-8-5-6-9(11(19)7-8)13(20)18-10-3-1-2-4-12(10)21-14(16)17/h1-7,14,19H,(H,18,20). The molecule has 0 aliphatic rings. The van der Waals surface area contributed by atoms with Crippen molar-refractivity contribution in [2.75, 3.05) is 5.32 Å². The van der Waals surface area contributed by atoms with Gasteiger partial charge in [0.05, 0.1) is 11.3 Å². The van der Waals surface area contributed by atoms with Gasteiger partial charge in [-0.25, -0.2) is 0 Å². The molecule has 2 N–H and O–H groups in total. The number of carbonyl (C=O) groups is 1. The molecule has 0 spiro atoms. The zero-order chi connectivity index (χ0) is 15.4. The van der Waals surface area contributed by atoms with Crippen LogP contribution in [0.2, 0.25) is 5.02 Å². The van der Waals surface area contributed by atoms with Crippen molar-refractivity contribution in [2.45, 2.75) is 6.61 Å². The molecule has 0 unspecified atom stereocenters. The van der Waals surface area contributed by atoms with E-state index in [1.807, 2.05) is 0 Å². The van der Waals surface area contributed by atoms with E-state index < -0.39 is 12.5 Å². The highest BCUT2D eigenvalue weighted by Crippen LogP contribution is 2.28. The zero-order valence-corrected chi connectivity index (χ0v) is 11.3. The quantitative estimate of drug-likeness (QED) is 0.900. The summed E-state index contributed by atoms with van der Waals surface area (Å²) >= 11 is 5.67. The van der Waals surface area contributed by atoms with Crippen LogP contribution >= 0.6 is 11.6 Å². The number of carbonyl (C=O) groups excluding carboxylic acids is 1. The Hall–Kier alpha value is -2.34. The van der Waals surface area contributed by atoms with Gasteiger partial charge < -0.3 is 15.2 Å². The van der Waals surface area contributed by atoms with Gasteiger partial charge in [-0.1, -0.05) is 23.7 Å². The minimum absolute atomic E-state index is 0.0359. The Kier molecular flexibility index (Phi) is 4.59. The summed E-state index contributed by atoms with van der Waals surface area (Å²) in [4.78, 5) is 12.0. The molecule has 0 saturated carbocycles. The van der Waals surface area contributed by atoms with Crippen molar-refractivity contribution in [3.63, 3.8) is 0 Å². The average Bonchev–Trinajstić information content (AvgIpc) is 2.40. The number of halogens is 3. The van der Waals surface area contributed by atoms with Gasteiger partial charge in [0.25, 0.3) is 5.91 Å². The van der Waals surface area contributed by atoms with Gasteiger partial charge in [-0.05, 0) is 30.3 Å². The Morgan fingerprint density at radius 2 is 1.95 bits per heavy atom. The molecule has 0 aromatic heterocycles. The van der Waals surface area contributed by atoms with E-state index in [0.29, 0.717) is 0 Å². The minimum Gasteiger partial charge on any atom is -0.507 e. The number of benzene rings is 2. The van der Waals surface area contributed by atoms with E-state index in [1.54, 1.807) is 6.07 Å². The van der Waals surface area contributed by atoms with Crippen LogP contribution in [0.1, 0.15) is 10.4 Å². The summed E-state index contributed by atoms with van der Waals surface area (Å²) in [7, 11) is 0. The maximum absolute atomic E-state index is 12.3. The highest BCUT2D eigenvalue weighted by molar-refractivity contribution is 6.31. The number of hydrogen-bond donors (Lipinski definition) is 2. The first-order valence-corrected chi connectivity index (χ1v) is 6.19. The van der Waals surface area contributed by atoms with E-state index in [4.69, 9.17) is 11.6 Å². The first-order chi connectivity index (χ1) is 9.97. The molecule has 7 heteroatoms. The van der Waals surface area contributed by atoms with E-state index in [2.05, 4.69) is 10.1 Å². The van der Waals surface area contributed by atoms with Gasteiger partial charge in [0.1, 0.15) is 11.5 Å². The molecule has 0 saturated heterocycles. The largest absolute Gasteiger partial charge is 0.507 e. The Morgan fingerprint density at radius 3 is 2.62 bits per heavy atom. The number of ether oxygens (including phenoxy) is 1. The van der Waals surface area contributed by atoms with Crippen molar-refractivity contribution in [3.05, 3.63) is 53.1 Å². The fourth-order valence-corrected chi connectivity index (χ4v) is 1.82. The Morgan fingerprint density at radius 1 is 1.24 bits per heavy atom. The van der Waals surface area contributed by atoms with Crippen LogP contribution in [0.5, 0.6) is 11.5 Å². The summed E-state index contributed by atoms with van der Waals surface area (Å²) in [5.74, 6) is -1.16. The van der Waals surface area contributed by atoms with Gasteiger partial charge in [-0.15, -0.1) is 0 Å². The van der Waals surface area contributed by atoms with Crippen LogP contribution < -0.4 is 10.1 Å². The third-order valence-corrected chi connectivity index (χ3v) is 2.79. The van der Waals surface area contributed by atoms with Crippen molar-refractivity contribution in [1.29, 1.82) is 0 Å². The van der Waals surface area contributed by atoms with E-state index in [1.165, 1.54) is 36.4 Å². The molecule has 1 amide bonds. The molecular formula is C14H10ClF2NO3. The molecule has 0 aliphatic carbocycles. The highest BCUT2D eigenvalue weighted by atomic mass is 35.5. The molecule has 0 radical (unpaired) electrons. The van der Waals surface area contributed by atoms with Gasteiger partial charge in [0, 0.05) is 5.02 Å². The van der Waals surface area contributed by atoms with E-state index in [-0.39, 0.29) is 27.8 Å². The number of nitrogens with one attached hydrogen (secondary N) is 1. The topological polar surface area (TPSA) is 58.6 Å². The minimum atomic E-state index is -3.01. The molecule has 21 heavy (non-hydrogen) atoms. The van der Waals surface area contributed by atoms with Crippen LogP contribution in [0.25, 0.3) is 0 Å². The molecule has 110 valence electrons. The summed E-state index contributed by atoms with van der Waals surface area (Å²) in [5.41, 5.74) is 0.0309. The second kappa shape index (κ2) is 6.41. The number of rotatable bonds is 4. The van der Waals surface area contributed by atoms with Crippen molar-refractivity contribution >= 4 is 23.2 Å². The van der Waals surface area contributed by atoms with Crippen LogP contribution in [0, 0.1) is 0 Å². The number of alkyl halides is 2. The maximum Gasteiger partial charge on any atom is 0.387 e. The lowest BCUT2D eigenvalue weighted by Crippen LogP contribution is -2.14. The van der Waals surface area contributed by atoms with Gasteiger partial charge in [-0.2, -0.15) is 8.78 Å². The number of phenolic OH excluding ortho intramolecular Hbond substituents is 1. The number of aromatic hydroxyl groups is 1. The number of hydrogen-bond acceptors (Lipinski definition) is 3. The summed E-state index contributed by atoms with van der Waals surface area (Å²) in [6, 6.07) is 9.70. The fourth-order valence-electron chi connectivity index (χ4n) is 1.66. The smallest absolute Gasteiger partial charge is 0.387 e. The lowest BCUT2D eigenvalue weighted by molar-refractivity contribution is -0.0493. The molecule has 0 heterocycles. The molecule has 0 bridgehead atoms. The van der Waals surface area contributed by atoms with Gasteiger partial charge >= 0.3 is 6.61 Å². The lowest BCUT2D eigenvalue weighted by Gasteiger charge is -2.12. The number of anilines is 1. The van der Waals surface area contributed by atoms with E-state index in [9.17, 15) is 18.7 Å². The summed E-state index contributed by atoms with van der Waals surface area (Å²) in [5, 5.41) is 12.3. The van der Waals surface area contributed by atoms with Gasteiger partial charge in [-0.3, -0.25) is 4.79 Å². The number of para-hydroxylation sites is 2. The summed E-state index contributed by atoms with van der Waals surface area (Å²) in [6.07, 6.45) is 0. The van der Waals surface area contributed by atoms with Crippen LogP contribution in [-0.4, -0.2) is 17.6 Å². The maximum atomic E-state index is 12.3. The molecule has 4 nitrogen and oxygen atoms in total. The third-order valence-electron chi connectivity index (χ3n) is 2.56. The zero-order valence-electron chi connectivity index (χ0n) is 10.5. The highest BCUT2D eigenvalue weighted by Gasteiger charge is 2.15. The second-order valence-electron chi connectivity index (χ2n) is 3.99. The first-order valence-electron chi connectivity index (χ1n) is 5.81. The molecule has 2 aromatic carbocycles. The Bertz CT molecular complexity index is 664. The predicted molar refractivity (Wildman–Crippen MR) is 74.1 cm³/mol. The van der Waals surface area contributed by atoms with Crippen molar-refractivity contribution in [3.8, 4) is 11.5 Å². The van der Waals surface area contributed by atoms with E-state index >= 15 is 0 Å². The SMILES string of the molecule is O=C(Nc1ccccc1OC(F)F)c1ccc(Cl)cc1O. The monoisotopic (exact) mass is 313 g/mol. The molecule has 0 fully saturated rings. The molecule has 0 aliphatic heterocycles. The molecule has 2 rings (SSSR count). The van der Waals surface area contributed by atoms with Crippen molar-refractivity contribution < 1.29 is 23.4 Å². The molecular weight excluding hydrogens is 304 g/mol. The normalized spacial score (nSPS) is 10.5. The van der Waals surface area contributed by atoms with Crippen LogP contribution in [0.15, 0.2) is 42.5 Å². The summed E-state index contributed by atoms with van der Waals surface area (Å²) in [6.45, 7) is -3.01. The first kappa shape index (κ1) is 15.1. The predicted octanol–water partition coefficient (Wildman–Crippen LogP) is 3.90. The van der Waals surface area contributed by atoms with Crippen molar-refractivity contribution in [2.24, 2.45) is 0 Å². The number of amides is 1. The fraction of sp³-hybridized carbons (Fsp3) is 0.0714. The Labute approximate surface area is 123 Å².